The Kier molecular flexibility index (Phi) is 7.36. The quantitative estimate of drug-likeness (QED) is 0.182. The SMILES string of the molecule is Cc1nnc(OP2(Cl)(Cl)N(c3ccccc3)P(Cl)(Cl)(Oc3nnc(C)c(C)c3C#N)N2c2ccccc2)c(C#N)c1C. The van der Waals surface area contributed by atoms with Crippen molar-refractivity contribution in [3.63, 3.8) is 0 Å². The van der Waals surface area contributed by atoms with Crippen molar-refractivity contribution in [1.29, 1.82) is 10.5 Å². The number of halogens is 4. The van der Waals surface area contributed by atoms with Crippen molar-refractivity contribution in [2.45, 2.75) is 27.7 Å². The van der Waals surface area contributed by atoms with Crippen molar-refractivity contribution >= 4 is 68.0 Å². The van der Waals surface area contributed by atoms with Gasteiger partial charge in [-0.2, -0.15) is 0 Å². The van der Waals surface area contributed by atoms with Gasteiger partial charge >= 0.3 is 263 Å². The third kappa shape index (κ3) is 4.46. The van der Waals surface area contributed by atoms with Crippen molar-refractivity contribution in [3.05, 3.63) is 94.3 Å². The fraction of sp³-hybridized carbons (Fsp3) is 0.154. The molecule has 0 spiro atoms. The fourth-order valence-electron chi connectivity index (χ4n) is 4.47. The molecule has 0 unspecified atom stereocenters. The molecule has 16 heteroatoms. The van der Waals surface area contributed by atoms with Gasteiger partial charge in [0.15, 0.2) is 0 Å². The molecule has 1 aliphatic heterocycles. The number of rotatable bonds is 6. The molecule has 0 amide bonds. The molecule has 3 heterocycles. The van der Waals surface area contributed by atoms with E-state index in [4.69, 9.17) is 54.0 Å². The minimum absolute atomic E-state index is 0.0814. The zero-order chi connectivity index (χ0) is 30.6. The van der Waals surface area contributed by atoms with E-state index in [-0.39, 0.29) is 22.9 Å². The molecule has 0 saturated carbocycles. The van der Waals surface area contributed by atoms with Gasteiger partial charge in [0.05, 0.1) is 0 Å². The van der Waals surface area contributed by atoms with Gasteiger partial charge in [-0.1, -0.05) is 0 Å². The van der Waals surface area contributed by atoms with Crippen LogP contribution < -0.4 is 17.9 Å². The molecule has 0 radical (unpaired) electrons. The molecule has 42 heavy (non-hydrogen) atoms. The first-order valence-corrected chi connectivity index (χ1v) is 20.0. The van der Waals surface area contributed by atoms with Gasteiger partial charge in [-0.25, -0.2) is 0 Å². The topological polar surface area (TPSA) is 124 Å². The second-order valence-corrected chi connectivity index (χ2v) is 23.3. The van der Waals surface area contributed by atoms with Crippen LogP contribution >= 0.6 is 56.6 Å². The summed E-state index contributed by atoms with van der Waals surface area (Å²) in [6.45, 7) is 6.83. The van der Waals surface area contributed by atoms with E-state index in [1.165, 1.54) is 8.88 Å². The average Bonchev–Trinajstić information content (AvgIpc) is 2.93. The van der Waals surface area contributed by atoms with Gasteiger partial charge in [0.25, 0.3) is 0 Å². The normalized spacial score (nSPS) is 19.4. The van der Waals surface area contributed by atoms with Gasteiger partial charge in [0.2, 0.25) is 0 Å². The van der Waals surface area contributed by atoms with Crippen LogP contribution in [0.2, 0.25) is 0 Å². The molecule has 1 saturated heterocycles. The third-order valence-electron chi connectivity index (χ3n) is 6.74. The Bertz CT molecular complexity index is 1670. The maximum absolute atomic E-state index is 10.0. The summed E-state index contributed by atoms with van der Waals surface area (Å²) in [6, 6.07) is 21.3. The van der Waals surface area contributed by atoms with E-state index < -0.39 is 11.7 Å². The van der Waals surface area contributed by atoms with Crippen LogP contribution in [0.1, 0.15) is 33.6 Å². The fourth-order valence-corrected chi connectivity index (χ4v) is 26.9. The Hall–Kier alpha value is -3.20. The summed E-state index contributed by atoms with van der Waals surface area (Å²) in [7, 11) is 0. The van der Waals surface area contributed by atoms with E-state index in [1.807, 2.05) is 0 Å². The number of benzene rings is 2. The molecular weight excluding hydrogens is 660 g/mol. The second kappa shape index (κ2) is 10.2. The Morgan fingerprint density at radius 1 is 0.595 bits per heavy atom. The number of aromatic nitrogens is 4. The van der Waals surface area contributed by atoms with Gasteiger partial charge in [0, 0.05) is 0 Å². The summed E-state index contributed by atoms with van der Waals surface area (Å²) >= 11 is 30.1. The van der Waals surface area contributed by atoms with Crippen LogP contribution in [0.25, 0.3) is 0 Å². The monoisotopic (exact) mass is 680 g/mol. The number of aryl methyl sites for hydroxylation is 2. The Morgan fingerprint density at radius 2 is 0.929 bits per heavy atom. The minimum atomic E-state index is -5.11. The molecule has 0 N–H and O–H groups in total. The summed E-state index contributed by atoms with van der Waals surface area (Å²) in [5, 5.41) is 36.5. The van der Waals surface area contributed by atoms with E-state index in [0.717, 1.165) is 0 Å². The summed E-state index contributed by atoms with van der Waals surface area (Å²) in [5.41, 5.74) is 2.94. The number of nitrogens with zero attached hydrogens (tertiary/aromatic N) is 8. The summed E-state index contributed by atoms with van der Waals surface area (Å²) < 4.78 is 15.4. The first kappa shape index (κ1) is 30.3. The molecule has 1 aliphatic rings. The first-order valence-electron chi connectivity index (χ1n) is 12.3. The van der Waals surface area contributed by atoms with Crippen LogP contribution in [0, 0.1) is 50.4 Å². The Labute approximate surface area is 261 Å². The molecule has 0 bridgehead atoms. The summed E-state index contributed by atoms with van der Waals surface area (Å²) in [6.07, 6.45) is 0. The number of hydrogen-bond donors (Lipinski definition) is 0. The van der Waals surface area contributed by atoms with E-state index in [0.29, 0.717) is 33.9 Å². The van der Waals surface area contributed by atoms with Gasteiger partial charge in [-0.3, -0.25) is 0 Å². The summed E-state index contributed by atoms with van der Waals surface area (Å²) in [4.78, 5) is 0. The zero-order valence-electron chi connectivity index (χ0n) is 22.6. The number of hydrogen-bond acceptors (Lipinski definition) is 10. The van der Waals surface area contributed by atoms with E-state index in [9.17, 15) is 10.5 Å². The van der Waals surface area contributed by atoms with Crippen molar-refractivity contribution in [2.75, 3.05) is 8.88 Å². The van der Waals surface area contributed by atoms with Crippen LogP contribution in [0.4, 0.5) is 11.4 Å². The van der Waals surface area contributed by atoms with Crippen LogP contribution in [-0.4, -0.2) is 20.4 Å². The zero-order valence-corrected chi connectivity index (χ0v) is 27.4. The Balaban J connectivity index is 1.82. The molecule has 1 fully saturated rings. The van der Waals surface area contributed by atoms with Crippen LogP contribution in [0.15, 0.2) is 60.7 Å². The standard InChI is InChI=1S/C26H22Cl4N8O2P2/c1-17-19(3)33-35-25(23(17)15-31)39-41(27,28)37(21-11-7-5-8-12-21)42(29,30,38(41)22-13-9-6-10-14-22)40-26-24(16-32)18(2)20(4)34-36-26/h5-14H,1-4H3. The van der Waals surface area contributed by atoms with E-state index >= 15 is 0 Å². The number of para-hydroxylation sites is 2. The van der Waals surface area contributed by atoms with Crippen molar-refractivity contribution in [2.24, 2.45) is 0 Å². The van der Waals surface area contributed by atoms with Crippen LogP contribution in [0.3, 0.4) is 0 Å². The van der Waals surface area contributed by atoms with Crippen LogP contribution in [0.5, 0.6) is 11.8 Å². The van der Waals surface area contributed by atoms with Gasteiger partial charge < -0.3 is 0 Å². The van der Waals surface area contributed by atoms with Gasteiger partial charge in [-0.15, -0.1) is 0 Å². The maximum atomic E-state index is 10.0. The Morgan fingerprint density at radius 3 is 1.24 bits per heavy atom. The van der Waals surface area contributed by atoms with Crippen molar-refractivity contribution in [1.82, 2.24) is 20.4 Å². The van der Waals surface area contributed by atoms with E-state index in [1.54, 1.807) is 88.4 Å². The van der Waals surface area contributed by atoms with Crippen LogP contribution in [-0.2, 0) is 0 Å². The predicted octanol–water partition coefficient (Wildman–Crippen LogP) is 8.94. The molecule has 0 aliphatic carbocycles. The van der Waals surface area contributed by atoms with Crippen molar-refractivity contribution < 1.29 is 9.05 Å². The molecule has 5 rings (SSSR count). The number of anilines is 2. The van der Waals surface area contributed by atoms with Gasteiger partial charge in [-0.05, 0) is 0 Å². The second-order valence-electron chi connectivity index (χ2n) is 9.35. The molecule has 4 aromatic rings. The molecule has 2 aromatic heterocycles. The molecular formula is C26H22Cl4N8O2P2. The number of nitriles is 2. The van der Waals surface area contributed by atoms with Crippen molar-refractivity contribution in [3.8, 4) is 23.9 Å². The van der Waals surface area contributed by atoms with E-state index in [2.05, 4.69) is 32.5 Å². The molecule has 10 nitrogen and oxygen atoms in total. The first-order chi connectivity index (χ1) is 19.7. The summed E-state index contributed by atoms with van der Waals surface area (Å²) in [5.74, 6) is -10.7. The predicted molar refractivity (Wildman–Crippen MR) is 169 cm³/mol. The molecule has 0 atom stereocenters. The average molecular weight is 682 g/mol. The van der Waals surface area contributed by atoms with Gasteiger partial charge in [0.1, 0.15) is 0 Å². The third-order valence-corrected chi connectivity index (χ3v) is 22.0. The molecule has 216 valence electrons. The molecule has 2 aromatic carbocycles.